The van der Waals surface area contributed by atoms with Gasteiger partial charge in [-0.05, 0) is 30.0 Å². The number of benzene rings is 1. The molecule has 1 aromatic rings. The summed E-state index contributed by atoms with van der Waals surface area (Å²) >= 11 is 0. The summed E-state index contributed by atoms with van der Waals surface area (Å²) in [5.74, 6) is -0.736. The Hall–Kier alpha value is -2.04. The van der Waals surface area contributed by atoms with Crippen LogP contribution < -0.4 is 0 Å². The van der Waals surface area contributed by atoms with Crippen LogP contribution in [0.4, 0.5) is 0 Å². The summed E-state index contributed by atoms with van der Waals surface area (Å²) < 4.78 is 0. The third-order valence-electron chi connectivity index (χ3n) is 4.48. The first-order valence-corrected chi connectivity index (χ1v) is 7.14. The number of carboxylic acids is 1. The van der Waals surface area contributed by atoms with Crippen LogP contribution >= 0.6 is 0 Å². The quantitative estimate of drug-likeness (QED) is 0.888. The van der Waals surface area contributed by atoms with Crippen molar-refractivity contribution < 1.29 is 19.8 Å². The fraction of sp³-hybridized carbons (Fsp3) is 0.500. The van der Waals surface area contributed by atoms with Gasteiger partial charge in [-0.1, -0.05) is 26.0 Å². The van der Waals surface area contributed by atoms with Crippen molar-refractivity contribution in [3.05, 3.63) is 29.8 Å². The molecule has 0 spiro atoms. The highest BCUT2D eigenvalue weighted by Crippen LogP contribution is 2.38. The molecule has 0 aliphatic carbocycles. The predicted octanol–water partition coefficient (Wildman–Crippen LogP) is 1.89. The van der Waals surface area contributed by atoms with Crippen LogP contribution in [-0.4, -0.2) is 40.1 Å². The Bertz CT molecular complexity index is 538. The molecule has 1 amide bonds. The van der Waals surface area contributed by atoms with Crippen LogP contribution in [0, 0.1) is 11.3 Å². The molecule has 1 heterocycles. The van der Waals surface area contributed by atoms with E-state index in [2.05, 4.69) is 0 Å². The van der Waals surface area contributed by atoms with Gasteiger partial charge in [0.2, 0.25) is 5.91 Å². The molecule has 1 saturated heterocycles. The molecule has 2 rings (SSSR count). The van der Waals surface area contributed by atoms with E-state index in [1.165, 1.54) is 0 Å². The number of likely N-dealkylation sites (tertiary alicyclic amines) is 1. The van der Waals surface area contributed by atoms with E-state index < -0.39 is 11.4 Å². The zero-order chi connectivity index (χ0) is 15.6. The van der Waals surface area contributed by atoms with Crippen molar-refractivity contribution in [2.24, 2.45) is 11.3 Å². The third kappa shape index (κ3) is 3.01. The van der Waals surface area contributed by atoms with Crippen molar-refractivity contribution in [1.29, 1.82) is 0 Å². The Morgan fingerprint density at radius 2 is 1.90 bits per heavy atom. The van der Waals surface area contributed by atoms with Gasteiger partial charge in [0, 0.05) is 13.1 Å². The largest absolute Gasteiger partial charge is 0.508 e. The molecule has 1 aliphatic heterocycles. The topological polar surface area (TPSA) is 77.8 Å². The van der Waals surface area contributed by atoms with Crippen LogP contribution in [0.25, 0.3) is 0 Å². The third-order valence-corrected chi connectivity index (χ3v) is 4.48. The van der Waals surface area contributed by atoms with E-state index in [1.807, 2.05) is 13.8 Å². The summed E-state index contributed by atoms with van der Waals surface area (Å²) in [4.78, 5) is 25.5. The fourth-order valence-corrected chi connectivity index (χ4v) is 2.84. The van der Waals surface area contributed by atoms with Crippen LogP contribution in [0.15, 0.2) is 24.3 Å². The summed E-state index contributed by atoms with van der Waals surface area (Å²) in [7, 11) is 0. The molecule has 0 bridgehead atoms. The predicted molar refractivity (Wildman–Crippen MR) is 77.9 cm³/mol. The molecule has 1 aliphatic rings. The minimum Gasteiger partial charge on any atom is -0.508 e. The molecule has 0 saturated carbocycles. The summed E-state index contributed by atoms with van der Waals surface area (Å²) in [5.41, 5.74) is -0.0138. The molecule has 2 N–H and O–H groups in total. The highest BCUT2D eigenvalue weighted by molar-refractivity contribution is 5.82. The molecule has 1 fully saturated rings. The van der Waals surface area contributed by atoms with Gasteiger partial charge in [-0.15, -0.1) is 0 Å². The molecule has 1 aromatic carbocycles. The Balaban J connectivity index is 2.05. The molecule has 1 atom stereocenters. The maximum absolute atomic E-state index is 12.3. The number of rotatable bonds is 4. The number of aromatic hydroxyl groups is 1. The van der Waals surface area contributed by atoms with Crippen molar-refractivity contribution in [2.75, 3.05) is 13.1 Å². The number of carbonyl (C=O) groups excluding carboxylic acids is 1. The van der Waals surface area contributed by atoms with Gasteiger partial charge in [-0.25, -0.2) is 0 Å². The van der Waals surface area contributed by atoms with Crippen molar-refractivity contribution >= 4 is 11.9 Å². The van der Waals surface area contributed by atoms with Gasteiger partial charge in [0.1, 0.15) is 5.75 Å². The maximum atomic E-state index is 12.3. The second-order valence-electron chi connectivity index (χ2n) is 6.02. The van der Waals surface area contributed by atoms with Gasteiger partial charge < -0.3 is 15.1 Å². The summed E-state index contributed by atoms with van der Waals surface area (Å²) in [6.45, 7) is 4.54. The van der Waals surface area contributed by atoms with Gasteiger partial charge >= 0.3 is 5.97 Å². The summed E-state index contributed by atoms with van der Waals surface area (Å²) in [6.07, 6.45) is 0.732. The molecule has 1 unspecified atom stereocenters. The van der Waals surface area contributed by atoms with E-state index in [1.54, 1.807) is 29.2 Å². The molecular weight excluding hydrogens is 270 g/mol. The van der Waals surface area contributed by atoms with Crippen molar-refractivity contribution in [2.45, 2.75) is 26.7 Å². The average Bonchev–Trinajstić information content (AvgIpc) is 2.88. The normalized spacial score (nSPS) is 21.8. The molecule has 0 radical (unpaired) electrons. The lowest BCUT2D eigenvalue weighted by atomic mass is 9.76. The highest BCUT2D eigenvalue weighted by Gasteiger charge is 2.48. The SMILES string of the molecule is CC(C)C1(C(=O)O)CCN(C(=O)Cc2ccc(O)cc2)C1. The number of hydrogen-bond donors (Lipinski definition) is 2. The lowest BCUT2D eigenvalue weighted by molar-refractivity contribution is -0.151. The summed E-state index contributed by atoms with van der Waals surface area (Å²) in [6, 6.07) is 6.50. The van der Waals surface area contributed by atoms with E-state index in [0.717, 1.165) is 5.56 Å². The van der Waals surface area contributed by atoms with E-state index >= 15 is 0 Å². The van der Waals surface area contributed by atoms with E-state index in [4.69, 9.17) is 0 Å². The molecular formula is C16H21NO4. The average molecular weight is 291 g/mol. The minimum absolute atomic E-state index is 0.0125. The number of phenolic OH excluding ortho intramolecular Hbond substituents is 1. The van der Waals surface area contributed by atoms with E-state index in [9.17, 15) is 19.8 Å². The van der Waals surface area contributed by atoms with Crippen LogP contribution in [0.2, 0.25) is 0 Å². The second kappa shape index (κ2) is 5.76. The smallest absolute Gasteiger partial charge is 0.311 e. The summed E-state index contributed by atoms with van der Waals surface area (Å²) in [5, 5.41) is 18.7. The monoisotopic (exact) mass is 291 g/mol. The molecule has 114 valence electrons. The van der Waals surface area contributed by atoms with Crippen LogP contribution in [0.3, 0.4) is 0 Å². The molecule has 0 aromatic heterocycles. The number of phenols is 1. The molecule has 5 heteroatoms. The highest BCUT2D eigenvalue weighted by atomic mass is 16.4. The number of aliphatic carboxylic acids is 1. The number of nitrogens with zero attached hydrogens (tertiary/aromatic N) is 1. The van der Waals surface area contributed by atoms with Crippen molar-refractivity contribution in [1.82, 2.24) is 4.90 Å². The lowest BCUT2D eigenvalue weighted by Gasteiger charge is -2.28. The molecule has 5 nitrogen and oxygen atoms in total. The van der Waals surface area contributed by atoms with Crippen molar-refractivity contribution in [3.8, 4) is 5.75 Å². The van der Waals surface area contributed by atoms with E-state index in [0.29, 0.717) is 13.0 Å². The minimum atomic E-state index is -0.829. The number of amides is 1. The number of carboxylic acid groups (broad SMARTS) is 1. The Kier molecular flexibility index (Phi) is 4.21. The van der Waals surface area contributed by atoms with Gasteiger partial charge in [-0.3, -0.25) is 9.59 Å². The first kappa shape index (κ1) is 15.4. The van der Waals surface area contributed by atoms with E-state index in [-0.39, 0.29) is 30.5 Å². The Morgan fingerprint density at radius 3 is 2.38 bits per heavy atom. The van der Waals surface area contributed by atoms with Gasteiger partial charge in [0.25, 0.3) is 0 Å². The maximum Gasteiger partial charge on any atom is 0.311 e. The Labute approximate surface area is 124 Å². The first-order valence-electron chi connectivity index (χ1n) is 7.14. The zero-order valence-corrected chi connectivity index (χ0v) is 12.4. The van der Waals surface area contributed by atoms with Crippen LogP contribution in [0.1, 0.15) is 25.8 Å². The standard InChI is InChI=1S/C16H21NO4/c1-11(2)16(15(20)21)7-8-17(10-16)14(19)9-12-3-5-13(18)6-4-12/h3-6,11,18H,7-10H2,1-2H3,(H,20,21). The molecule has 21 heavy (non-hydrogen) atoms. The number of hydrogen-bond acceptors (Lipinski definition) is 3. The van der Waals surface area contributed by atoms with Gasteiger partial charge in [0.05, 0.1) is 11.8 Å². The first-order chi connectivity index (χ1) is 9.85. The lowest BCUT2D eigenvalue weighted by Crippen LogP contribution is -2.41. The zero-order valence-electron chi connectivity index (χ0n) is 12.4. The number of carbonyl (C=O) groups is 2. The van der Waals surface area contributed by atoms with Crippen LogP contribution in [-0.2, 0) is 16.0 Å². The van der Waals surface area contributed by atoms with Gasteiger partial charge in [-0.2, -0.15) is 0 Å². The van der Waals surface area contributed by atoms with Gasteiger partial charge in [0.15, 0.2) is 0 Å². The Morgan fingerprint density at radius 1 is 1.29 bits per heavy atom. The second-order valence-corrected chi connectivity index (χ2v) is 6.02. The van der Waals surface area contributed by atoms with Crippen molar-refractivity contribution in [3.63, 3.8) is 0 Å². The van der Waals surface area contributed by atoms with Crippen LogP contribution in [0.5, 0.6) is 5.75 Å². The fourth-order valence-electron chi connectivity index (χ4n) is 2.84.